The van der Waals surface area contributed by atoms with Crippen LogP contribution in [-0.2, 0) is 46.1 Å². The van der Waals surface area contributed by atoms with Crippen molar-refractivity contribution in [1.29, 1.82) is 5.26 Å². The van der Waals surface area contributed by atoms with Gasteiger partial charge in [0.15, 0.2) is 24.6 Å². The molecule has 262 valence electrons. The Morgan fingerprint density at radius 1 is 0.820 bits per heavy atom. The number of hydrogen-bond donors (Lipinski definition) is 2. The Morgan fingerprint density at radius 3 is 1.80 bits per heavy atom. The molecular formula is C39H42N2O9. The molecule has 4 rings (SSSR count). The zero-order valence-electron chi connectivity index (χ0n) is 27.9. The van der Waals surface area contributed by atoms with Gasteiger partial charge in [0.05, 0.1) is 30.1 Å². The molecule has 2 N–H and O–H groups in total. The van der Waals surface area contributed by atoms with Crippen LogP contribution in [0, 0.1) is 23.2 Å². The number of anilines is 1. The van der Waals surface area contributed by atoms with Crippen LogP contribution in [0.25, 0.3) is 0 Å². The van der Waals surface area contributed by atoms with E-state index >= 15 is 0 Å². The summed E-state index contributed by atoms with van der Waals surface area (Å²) >= 11 is 0. The molecule has 50 heavy (non-hydrogen) atoms. The van der Waals surface area contributed by atoms with Crippen molar-refractivity contribution in [2.75, 3.05) is 19.0 Å². The predicted octanol–water partition coefficient (Wildman–Crippen LogP) is 5.53. The minimum absolute atomic E-state index is 0.266. The van der Waals surface area contributed by atoms with Crippen LogP contribution in [0.5, 0.6) is 0 Å². The molecule has 1 saturated heterocycles. The maximum absolute atomic E-state index is 13.9. The molecule has 7 atom stereocenters. The number of carbonyl (C=O) groups is 3. The molecule has 1 aliphatic heterocycles. The Hall–Kier alpha value is -5.28. The number of rotatable bonds is 16. The fourth-order valence-corrected chi connectivity index (χ4v) is 5.70. The van der Waals surface area contributed by atoms with Gasteiger partial charge in [-0.25, -0.2) is 4.79 Å². The van der Waals surface area contributed by atoms with E-state index in [0.29, 0.717) is 24.1 Å². The summed E-state index contributed by atoms with van der Waals surface area (Å²) in [5, 5.41) is 22.0. The number of nitriles is 1. The molecule has 0 radical (unpaired) electrons. The normalized spacial score (nSPS) is 21.0. The standard InChI is InChI=1S/C39H42N2O9/c1-4-12-29(22-26-14-8-6-9-15-26)36(43)48-34-33(50-39(45)41-31-20-18-28(24-40)19-21-31)32(25-42)47-38(46-3)35(34)49-37(44)30(13-5-2)23-27-16-10-7-11-17-27/h4-11,14-21,29-30,32-35,38,42H,1-2,12-13,22-23,25H2,3H3,(H,41,45)/t29-,30-,32+,33+,34-,35+,38-/m0/s1. The van der Waals surface area contributed by atoms with Gasteiger partial charge in [0.25, 0.3) is 0 Å². The van der Waals surface area contributed by atoms with Gasteiger partial charge in [-0.15, -0.1) is 13.2 Å². The number of hydrogen-bond acceptors (Lipinski definition) is 10. The first kappa shape index (κ1) is 37.5. The SMILES string of the molecule is C=CC[C@@H](Cc1ccccc1)C(=O)O[C@@H]1[C@@H](OC(=O)[C@@H](CC=C)Cc2ccccc2)[C@@H](OC)O[C@H](CO)[C@H]1OC(=O)Nc1ccc(C#N)cc1. The molecule has 1 amide bonds. The quantitative estimate of drug-likeness (QED) is 0.112. The van der Waals surface area contributed by atoms with Crippen molar-refractivity contribution in [3.8, 4) is 6.07 Å². The zero-order valence-corrected chi connectivity index (χ0v) is 27.9. The summed E-state index contributed by atoms with van der Waals surface area (Å²) in [6, 6.07) is 26.8. The third kappa shape index (κ3) is 10.4. The van der Waals surface area contributed by atoms with E-state index in [1.54, 1.807) is 12.2 Å². The molecule has 3 aromatic carbocycles. The van der Waals surface area contributed by atoms with Gasteiger partial charge in [0.1, 0.15) is 6.10 Å². The van der Waals surface area contributed by atoms with Crippen molar-refractivity contribution in [1.82, 2.24) is 0 Å². The summed E-state index contributed by atoms with van der Waals surface area (Å²) < 4.78 is 29.4. The highest BCUT2D eigenvalue weighted by atomic mass is 16.7. The maximum atomic E-state index is 13.9. The van der Waals surface area contributed by atoms with Crippen LogP contribution in [0.15, 0.2) is 110 Å². The molecule has 1 aliphatic rings. The van der Waals surface area contributed by atoms with E-state index in [-0.39, 0.29) is 12.8 Å². The van der Waals surface area contributed by atoms with Crippen LogP contribution >= 0.6 is 0 Å². The molecule has 1 heterocycles. The van der Waals surface area contributed by atoms with Gasteiger partial charge in [0.2, 0.25) is 0 Å². The minimum Gasteiger partial charge on any atom is -0.454 e. The van der Waals surface area contributed by atoms with Crippen molar-refractivity contribution >= 4 is 23.7 Å². The van der Waals surface area contributed by atoms with Crippen molar-refractivity contribution in [3.63, 3.8) is 0 Å². The lowest BCUT2D eigenvalue weighted by Gasteiger charge is -2.44. The number of carbonyl (C=O) groups excluding carboxylic acids is 3. The number of benzene rings is 3. The van der Waals surface area contributed by atoms with Gasteiger partial charge in [-0.2, -0.15) is 5.26 Å². The second kappa shape index (κ2) is 19.0. The van der Waals surface area contributed by atoms with E-state index in [9.17, 15) is 19.5 Å². The van der Waals surface area contributed by atoms with Gasteiger partial charge in [-0.1, -0.05) is 72.8 Å². The van der Waals surface area contributed by atoms with Gasteiger partial charge < -0.3 is 28.8 Å². The first-order chi connectivity index (χ1) is 24.3. The van der Waals surface area contributed by atoms with Gasteiger partial charge in [-0.3, -0.25) is 14.9 Å². The smallest absolute Gasteiger partial charge is 0.412 e. The Bertz CT molecular complexity index is 1610. The summed E-state index contributed by atoms with van der Waals surface area (Å²) in [6.45, 7) is 6.94. The summed E-state index contributed by atoms with van der Waals surface area (Å²) in [5.74, 6) is -2.66. The first-order valence-corrected chi connectivity index (χ1v) is 16.3. The largest absolute Gasteiger partial charge is 0.454 e. The van der Waals surface area contributed by atoms with Crippen molar-refractivity contribution in [3.05, 3.63) is 127 Å². The fourth-order valence-electron chi connectivity index (χ4n) is 5.70. The number of nitrogens with one attached hydrogen (secondary N) is 1. The van der Waals surface area contributed by atoms with Crippen LogP contribution in [0.2, 0.25) is 0 Å². The predicted molar refractivity (Wildman–Crippen MR) is 184 cm³/mol. The number of methoxy groups -OCH3 is 1. The highest BCUT2D eigenvalue weighted by molar-refractivity contribution is 5.85. The molecule has 11 heteroatoms. The summed E-state index contributed by atoms with van der Waals surface area (Å²) in [7, 11) is 1.32. The monoisotopic (exact) mass is 682 g/mol. The number of ether oxygens (including phenoxy) is 5. The molecule has 11 nitrogen and oxygen atoms in total. The number of allylic oxidation sites excluding steroid dienone is 2. The third-order valence-electron chi connectivity index (χ3n) is 8.23. The van der Waals surface area contributed by atoms with Crippen LogP contribution in [0.1, 0.15) is 29.5 Å². The van der Waals surface area contributed by atoms with Crippen LogP contribution in [0.4, 0.5) is 10.5 Å². The van der Waals surface area contributed by atoms with E-state index in [2.05, 4.69) is 18.5 Å². The van der Waals surface area contributed by atoms with E-state index in [1.165, 1.54) is 31.4 Å². The Morgan fingerprint density at radius 2 is 1.34 bits per heavy atom. The van der Waals surface area contributed by atoms with Gasteiger partial charge in [-0.05, 0) is 61.1 Å². The Balaban J connectivity index is 1.67. The molecule has 1 fully saturated rings. The molecule has 0 saturated carbocycles. The second-order valence-electron chi connectivity index (χ2n) is 11.8. The number of aliphatic hydroxyl groups excluding tert-OH is 1. The number of amides is 1. The van der Waals surface area contributed by atoms with Crippen LogP contribution < -0.4 is 5.32 Å². The van der Waals surface area contributed by atoms with Crippen LogP contribution in [0.3, 0.4) is 0 Å². The maximum Gasteiger partial charge on any atom is 0.412 e. The molecule has 0 unspecified atom stereocenters. The Kier molecular flexibility index (Phi) is 14.3. The lowest BCUT2D eigenvalue weighted by atomic mass is 9.94. The summed E-state index contributed by atoms with van der Waals surface area (Å²) in [5.41, 5.74) is 2.49. The van der Waals surface area contributed by atoms with Gasteiger partial charge >= 0.3 is 18.0 Å². The molecule has 0 aliphatic carbocycles. The fraction of sp³-hybridized carbons (Fsp3) is 0.333. The lowest BCUT2D eigenvalue weighted by Crippen LogP contribution is -2.63. The van der Waals surface area contributed by atoms with Crippen molar-refractivity contribution in [2.24, 2.45) is 11.8 Å². The molecule has 3 aromatic rings. The average molecular weight is 683 g/mol. The Labute approximate surface area is 292 Å². The van der Waals surface area contributed by atoms with E-state index < -0.39 is 67.2 Å². The topological polar surface area (TPSA) is 153 Å². The molecular weight excluding hydrogens is 640 g/mol. The van der Waals surface area contributed by atoms with Gasteiger partial charge in [0, 0.05) is 12.8 Å². The second-order valence-corrected chi connectivity index (χ2v) is 11.8. The minimum atomic E-state index is -1.46. The third-order valence-corrected chi connectivity index (χ3v) is 8.23. The summed E-state index contributed by atoms with van der Waals surface area (Å²) in [6.07, 6.45) is -3.39. The summed E-state index contributed by atoms with van der Waals surface area (Å²) in [4.78, 5) is 41.0. The van der Waals surface area contributed by atoms with E-state index in [4.69, 9.17) is 28.9 Å². The van der Waals surface area contributed by atoms with Crippen LogP contribution in [-0.4, -0.2) is 67.6 Å². The highest BCUT2D eigenvalue weighted by Crippen LogP contribution is 2.32. The first-order valence-electron chi connectivity index (χ1n) is 16.3. The number of aliphatic hydroxyl groups is 1. The average Bonchev–Trinajstić information content (AvgIpc) is 3.13. The molecule has 0 spiro atoms. The van der Waals surface area contributed by atoms with E-state index in [1.807, 2.05) is 66.7 Å². The van der Waals surface area contributed by atoms with Crippen molar-refractivity contribution < 1.29 is 43.2 Å². The number of esters is 2. The van der Waals surface area contributed by atoms with E-state index in [0.717, 1.165) is 11.1 Å². The molecule has 0 aromatic heterocycles. The number of nitrogens with zero attached hydrogens (tertiary/aromatic N) is 1. The zero-order chi connectivity index (χ0) is 35.9. The lowest BCUT2D eigenvalue weighted by molar-refractivity contribution is -0.300. The molecule has 0 bridgehead atoms. The van der Waals surface area contributed by atoms with Crippen molar-refractivity contribution in [2.45, 2.75) is 56.4 Å². The highest BCUT2D eigenvalue weighted by Gasteiger charge is 2.53.